The largest absolute Gasteiger partial charge is 0.485 e. The highest BCUT2D eigenvalue weighted by Crippen LogP contribution is 2.38. The van der Waals surface area contributed by atoms with Crippen molar-refractivity contribution >= 4 is 0 Å². The van der Waals surface area contributed by atoms with E-state index in [-0.39, 0.29) is 11.6 Å². The van der Waals surface area contributed by atoms with Crippen molar-refractivity contribution in [3.63, 3.8) is 0 Å². The van der Waals surface area contributed by atoms with E-state index in [9.17, 15) is 0 Å². The zero-order valence-corrected chi connectivity index (χ0v) is 10.8. The van der Waals surface area contributed by atoms with Gasteiger partial charge in [-0.05, 0) is 26.8 Å². The molecule has 1 aliphatic heterocycles. The van der Waals surface area contributed by atoms with E-state index < -0.39 is 0 Å². The van der Waals surface area contributed by atoms with Crippen LogP contribution in [0.15, 0.2) is 18.2 Å². The molecule has 0 fully saturated rings. The highest BCUT2D eigenvalue weighted by Gasteiger charge is 2.36. The van der Waals surface area contributed by atoms with Crippen LogP contribution in [0.25, 0.3) is 0 Å². The third-order valence-corrected chi connectivity index (χ3v) is 3.18. The van der Waals surface area contributed by atoms with Crippen LogP contribution in [-0.2, 0) is 4.74 Å². The summed E-state index contributed by atoms with van der Waals surface area (Å²) < 4.78 is 11.5. The van der Waals surface area contributed by atoms with Gasteiger partial charge in [0.25, 0.3) is 0 Å². The van der Waals surface area contributed by atoms with E-state index in [0.29, 0.717) is 13.2 Å². The second kappa shape index (κ2) is 4.67. The predicted molar refractivity (Wildman–Crippen MR) is 68.3 cm³/mol. The lowest BCUT2D eigenvalue weighted by molar-refractivity contribution is -0.0302. The van der Waals surface area contributed by atoms with E-state index >= 15 is 0 Å². The van der Waals surface area contributed by atoms with Gasteiger partial charge in [-0.3, -0.25) is 0 Å². The lowest BCUT2D eigenvalue weighted by atomic mass is 9.89. The van der Waals surface area contributed by atoms with E-state index in [2.05, 4.69) is 26.0 Å². The van der Waals surface area contributed by atoms with E-state index in [1.807, 2.05) is 13.0 Å². The lowest BCUT2D eigenvalue weighted by Gasteiger charge is -2.38. The van der Waals surface area contributed by atoms with Crippen LogP contribution in [0.5, 0.6) is 5.75 Å². The van der Waals surface area contributed by atoms with Crippen LogP contribution < -0.4 is 10.5 Å². The van der Waals surface area contributed by atoms with Gasteiger partial charge in [-0.15, -0.1) is 0 Å². The second-order valence-corrected chi connectivity index (χ2v) is 5.04. The number of rotatable bonds is 3. The van der Waals surface area contributed by atoms with Gasteiger partial charge in [-0.25, -0.2) is 0 Å². The fourth-order valence-corrected chi connectivity index (χ4v) is 2.34. The molecule has 1 heterocycles. The number of nitrogens with two attached hydrogens (primary N) is 1. The quantitative estimate of drug-likeness (QED) is 0.875. The first-order chi connectivity index (χ1) is 8.04. The van der Waals surface area contributed by atoms with Gasteiger partial charge in [0, 0.05) is 24.6 Å². The lowest BCUT2D eigenvalue weighted by Crippen LogP contribution is -2.44. The highest BCUT2D eigenvalue weighted by molar-refractivity contribution is 5.41. The van der Waals surface area contributed by atoms with Gasteiger partial charge in [0.2, 0.25) is 0 Å². The number of aryl methyl sites for hydroxylation is 1. The minimum absolute atomic E-state index is 0.0316. The van der Waals surface area contributed by atoms with Crippen LogP contribution in [-0.4, -0.2) is 18.8 Å². The summed E-state index contributed by atoms with van der Waals surface area (Å²) in [5.41, 5.74) is 8.25. The number of ether oxygens (including phenoxy) is 2. The van der Waals surface area contributed by atoms with Crippen molar-refractivity contribution in [2.24, 2.45) is 5.73 Å². The van der Waals surface area contributed by atoms with Crippen molar-refractivity contribution in [3.8, 4) is 5.75 Å². The Labute approximate surface area is 103 Å². The van der Waals surface area contributed by atoms with Gasteiger partial charge in [-0.1, -0.05) is 17.7 Å². The van der Waals surface area contributed by atoms with Crippen molar-refractivity contribution in [1.29, 1.82) is 0 Å². The van der Waals surface area contributed by atoms with Gasteiger partial charge in [-0.2, -0.15) is 0 Å². The molecule has 0 bridgehead atoms. The maximum Gasteiger partial charge on any atom is 0.131 e. The molecule has 2 atom stereocenters. The first-order valence-corrected chi connectivity index (χ1v) is 6.17. The Balaban J connectivity index is 2.23. The topological polar surface area (TPSA) is 44.5 Å². The van der Waals surface area contributed by atoms with E-state index in [4.69, 9.17) is 15.2 Å². The molecular weight excluding hydrogens is 214 g/mol. The van der Waals surface area contributed by atoms with Crippen molar-refractivity contribution in [3.05, 3.63) is 29.3 Å². The van der Waals surface area contributed by atoms with Crippen molar-refractivity contribution in [1.82, 2.24) is 0 Å². The fourth-order valence-electron chi connectivity index (χ4n) is 2.34. The summed E-state index contributed by atoms with van der Waals surface area (Å²) in [6, 6.07) is 6.20. The van der Waals surface area contributed by atoms with Gasteiger partial charge < -0.3 is 15.2 Å². The SMILES string of the molecule is CCOCC1(C)C[C@H](N)c2cc(C)ccc2O1. The minimum Gasteiger partial charge on any atom is -0.485 e. The van der Waals surface area contributed by atoms with Gasteiger partial charge in [0.1, 0.15) is 11.4 Å². The molecule has 0 radical (unpaired) electrons. The molecule has 3 nitrogen and oxygen atoms in total. The third-order valence-electron chi connectivity index (χ3n) is 3.18. The molecule has 94 valence electrons. The summed E-state index contributed by atoms with van der Waals surface area (Å²) in [5.74, 6) is 0.900. The molecular formula is C14H21NO2. The third kappa shape index (κ3) is 2.61. The summed E-state index contributed by atoms with van der Waals surface area (Å²) in [6.45, 7) is 7.41. The maximum atomic E-state index is 6.23. The van der Waals surface area contributed by atoms with Crippen LogP contribution in [0.4, 0.5) is 0 Å². The van der Waals surface area contributed by atoms with Gasteiger partial charge in [0.05, 0.1) is 6.61 Å². The maximum absolute atomic E-state index is 6.23. The van der Waals surface area contributed by atoms with Crippen LogP contribution in [0.3, 0.4) is 0 Å². The molecule has 0 aliphatic carbocycles. The average molecular weight is 235 g/mol. The molecule has 1 aliphatic rings. The molecule has 1 aromatic rings. The molecule has 1 unspecified atom stereocenters. The van der Waals surface area contributed by atoms with Crippen molar-refractivity contribution in [2.45, 2.75) is 38.8 Å². The van der Waals surface area contributed by atoms with Crippen LogP contribution in [0, 0.1) is 6.92 Å². The first kappa shape index (κ1) is 12.4. The molecule has 0 aromatic heterocycles. The molecule has 3 heteroatoms. The molecule has 2 N–H and O–H groups in total. The average Bonchev–Trinajstić information content (AvgIpc) is 2.28. The minimum atomic E-state index is -0.308. The Hall–Kier alpha value is -1.06. The first-order valence-electron chi connectivity index (χ1n) is 6.17. The van der Waals surface area contributed by atoms with E-state index in [1.54, 1.807) is 0 Å². The monoisotopic (exact) mass is 235 g/mol. The van der Waals surface area contributed by atoms with Crippen LogP contribution in [0.2, 0.25) is 0 Å². The van der Waals surface area contributed by atoms with Crippen LogP contribution >= 0.6 is 0 Å². The Morgan fingerprint density at radius 2 is 2.29 bits per heavy atom. The molecule has 1 aromatic carbocycles. The zero-order chi connectivity index (χ0) is 12.5. The molecule has 2 rings (SSSR count). The Kier molecular flexibility index (Phi) is 3.40. The Morgan fingerprint density at radius 1 is 1.53 bits per heavy atom. The molecule has 0 saturated carbocycles. The van der Waals surface area contributed by atoms with Gasteiger partial charge >= 0.3 is 0 Å². The molecule has 17 heavy (non-hydrogen) atoms. The Bertz CT molecular complexity index is 405. The van der Waals surface area contributed by atoms with Crippen molar-refractivity contribution in [2.75, 3.05) is 13.2 Å². The fraction of sp³-hybridized carbons (Fsp3) is 0.571. The standard InChI is InChI=1S/C14H21NO2/c1-4-16-9-14(3)8-12(15)11-7-10(2)5-6-13(11)17-14/h5-7,12H,4,8-9,15H2,1-3H3/t12-,14?/m0/s1. The van der Waals surface area contributed by atoms with Crippen molar-refractivity contribution < 1.29 is 9.47 Å². The smallest absolute Gasteiger partial charge is 0.131 e. The normalized spacial score (nSPS) is 27.4. The number of hydrogen-bond acceptors (Lipinski definition) is 3. The summed E-state index contributed by atoms with van der Waals surface area (Å²) in [5, 5.41) is 0. The predicted octanol–water partition coefficient (Wildman–Crippen LogP) is 2.57. The second-order valence-electron chi connectivity index (χ2n) is 5.04. The number of benzene rings is 1. The van der Waals surface area contributed by atoms with Gasteiger partial charge in [0.15, 0.2) is 0 Å². The summed E-state index contributed by atoms with van der Waals surface area (Å²) >= 11 is 0. The summed E-state index contributed by atoms with van der Waals surface area (Å²) in [6.07, 6.45) is 0.795. The van der Waals surface area contributed by atoms with E-state index in [1.165, 1.54) is 5.56 Å². The summed E-state index contributed by atoms with van der Waals surface area (Å²) in [4.78, 5) is 0. The summed E-state index contributed by atoms with van der Waals surface area (Å²) in [7, 11) is 0. The molecule has 0 saturated heterocycles. The highest BCUT2D eigenvalue weighted by atomic mass is 16.5. The Morgan fingerprint density at radius 3 is 3.00 bits per heavy atom. The molecule has 0 amide bonds. The molecule has 0 spiro atoms. The van der Waals surface area contributed by atoms with E-state index in [0.717, 1.165) is 17.7 Å². The number of fused-ring (bicyclic) bond motifs is 1. The zero-order valence-electron chi connectivity index (χ0n) is 10.8. The van der Waals surface area contributed by atoms with Crippen LogP contribution in [0.1, 0.15) is 37.4 Å². The number of hydrogen-bond donors (Lipinski definition) is 1.